The smallest absolute Gasteiger partial charge is 0.351 e. The van der Waals surface area contributed by atoms with Crippen LogP contribution in [-0.2, 0) is 12.6 Å². The number of halogens is 3. The zero-order valence-electron chi connectivity index (χ0n) is 17.8. The van der Waals surface area contributed by atoms with Crippen LogP contribution in [0.5, 0.6) is 0 Å². The number of hydrogen-bond donors (Lipinski definition) is 1. The third-order valence-corrected chi connectivity index (χ3v) is 7.61. The van der Waals surface area contributed by atoms with E-state index in [0.29, 0.717) is 41.3 Å². The first-order valence-electron chi connectivity index (χ1n) is 10.5. The third-order valence-electron chi connectivity index (χ3n) is 5.77. The molecular weight excluding hydrogens is 459 g/mol. The third kappa shape index (κ3) is 4.63. The van der Waals surface area contributed by atoms with Crippen LogP contribution in [0.1, 0.15) is 64.9 Å². The minimum atomic E-state index is -4.51. The van der Waals surface area contributed by atoms with E-state index in [1.165, 1.54) is 18.9 Å². The van der Waals surface area contributed by atoms with Gasteiger partial charge in [0.25, 0.3) is 5.91 Å². The van der Waals surface area contributed by atoms with Crippen molar-refractivity contribution in [3.05, 3.63) is 34.1 Å². The molecule has 4 rings (SSSR count). The predicted molar refractivity (Wildman–Crippen MR) is 119 cm³/mol. The number of nitrogens with one attached hydrogen (secondary N) is 1. The number of aryl methyl sites for hydroxylation is 2. The number of pyridine rings is 1. The summed E-state index contributed by atoms with van der Waals surface area (Å²) >= 11 is 2.59. The average molecular weight is 484 g/mol. The Morgan fingerprint density at radius 2 is 2.03 bits per heavy atom. The molecule has 32 heavy (non-hydrogen) atoms. The van der Waals surface area contributed by atoms with E-state index in [1.807, 2.05) is 6.26 Å². The lowest BCUT2D eigenvalue weighted by Gasteiger charge is -2.16. The fraction of sp³-hybridized carbons (Fsp3) is 0.524. The molecule has 6 nitrogen and oxygen atoms in total. The van der Waals surface area contributed by atoms with Gasteiger partial charge in [0.1, 0.15) is 16.3 Å². The van der Waals surface area contributed by atoms with Crippen molar-refractivity contribution in [3.63, 3.8) is 0 Å². The predicted octanol–water partition coefficient (Wildman–Crippen LogP) is 5.41. The number of hydrogen-bond acceptors (Lipinski definition) is 6. The van der Waals surface area contributed by atoms with Gasteiger partial charge in [0.15, 0.2) is 5.16 Å². The van der Waals surface area contributed by atoms with E-state index in [-0.39, 0.29) is 10.7 Å². The van der Waals surface area contributed by atoms with Gasteiger partial charge in [-0.3, -0.25) is 4.79 Å². The molecule has 0 atom stereocenters. The SMILES string of the molecule is CSc1nnc(CCCNC(=O)c2sc3nc(C(F)(F)F)ccc3c2C)n1C1CCCC1. The van der Waals surface area contributed by atoms with Crippen LogP contribution in [0.2, 0.25) is 0 Å². The monoisotopic (exact) mass is 483 g/mol. The Hall–Kier alpha value is -2.14. The van der Waals surface area contributed by atoms with E-state index in [4.69, 9.17) is 0 Å². The van der Waals surface area contributed by atoms with Crippen LogP contribution in [0.3, 0.4) is 0 Å². The first kappa shape index (κ1) is 23.0. The van der Waals surface area contributed by atoms with Crippen LogP contribution < -0.4 is 5.32 Å². The number of rotatable bonds is 7. The number of thiophene rings is 1. The number of thioether (sulfide) groups is 1. The van der Waals surface area contributed by atoms with E-state index in [2.05, 4.69) is 25.1 Å². The van der Waals surface area contributed by atoms with Crippen LogP contribution >= 0.6 is 23.1 Å². The maximum Gasteiger partial charge on any atom is 0.433 e. The van der Waals surface area contributed by atoms with Gasteiger partial charge in [0.2, 0.25) is 0 Å². The highest BCUT2D eigenvalue weighted by Crippen LogP contribution is 2.35. The van der Waals surface area contributed by atoms with Gasteiger partial charge in [-0.05, 0) is 50.1 Å². The Balaban J connectivity index is 1.39. The van der Waals surface area contributed by atoms with Crippen LogP contribution in [0.4, 0.5) is 13.2 Å². The molecule has 0 unspecified atom stereocenters. The molecule has 3 aromatic heterocycles. The van der Waals surface area contributed by atoms with E-state index >= 15 is 0 Å². The molecule has 0 spiro atoms. The molecule has 1 amide bonds. The summed E-state index contributed by atoms with van der Waals surface area (Å²) in [5.41, 5.74) is -0.302. The summed E-state index contributed by atoms with van der Waals surface area (Å²) in [5, 5.41) is 13.1. The van der Waals surface area contributed by atoms with Crippen molar-refractivity contribution >= 4 is 39.2 Å². The molecule has 0 aliphatic heterocycles. The molecule has 0 aromatic carbocycles. The number of alkyl halides is 3. The quantitative estimate of drug-likeness (QED) is 0.359. The summed E-state index contributed by atoms with van der Waals surface area (Å²) in [4.78, 5) is 17.0. The topological polar surface area (TPSA) is 72.7 Å². The van der Waals surface area contributed by atoms with Crippen molar-refractivity contribution < 1.29 is 18.0 Å². The summed E-state index contributed by atoms with van der Waals surface area (Å²) < 4.78 is 41.0. The fourth-order valence-electron chi connectivity index (χ4n) is 4.15. The van der Waals surface area contributed by atoms with Crippen molar-refractivity contribution in [2.24, 2.45) is 0 Å². The summed E-state index contributed by atoms with van der Waals surface area (Å²) in [6.07, 6.45) is 3.62. The van der Waals surface area contributed by atoms with Gasteiger partial charge in [0, 0.05) is 24.4 Å². The molecule has 0 radical (unpaired) electrons. The zero-order chi connectivity index (χ0) is 22.9. The van der Waals surface area contributed by atoms with Crippen molar-refractivity contribution in [2.75, 3.05) is 12.8 Å². The fourth-order valence-corrected chi connectivity index (χ4v) is 5.82. The second-order valence-electron chi connectivity index (χ2n) is 7.87. The van der Waals surface area contributed by atoms with Crippen molar-refractivity contribution in [1.82, 2.24) is 25.1 Å². The van der Waals surface area contributed by atoms with Crippen molar-refractivity contribution in [2.45, 2.75) is 62.8 Å². The highest BCUT2D eigenvalue weighted by Gasteiger charge is 2.33. The lowest BCUT2D eigenvalue weighted by Crippen LogP contribution is -2.25. The molecule has 0 bridgehead atoms. The van der Waals surface area contributed by atoms with Gasteiger partial charge in [-0.15, -0.1) is 21.5 Å². The highest BCUT2D eigenvalue weighted by atomic mass is 32.2. The summed E-state index contributed by atoms with van der Waals surface area (Å²) in [7, 11) is 0. The molecule has 1 N–H and O–H groups in total. The number of fused-ring (bicyclic) bond motifs is 1. The summed E-state index contributed by atoms with van der Waals surface area (Å²) in [6, 6.07) is 2.78. The molecular formula is C21H24F3N5OS2. The minimum absolute atomic E-state index is 0.219. The Morgan fingerprint density at radius 3 is 2.72 bits per heavy atom. The number of aromatic nitrogens is 4. The molecule has 3 heterocycles. The Morgan fingerprint density at radius 1 is 1.28 bits per heavy atom. The lowest BCUT2D eigenvalue weighted by atomic mass is 10.1. The molecule has 172 valence electrons. The number of amides is 1. The molecule has 3 aromatic rings. The van der Waals surface area contributed by atoms with E-state index in [9.17, 15) is 18.0 Å². The second kappa shape index (κ2) is 9.38. The Labute approximate surface area is 192 Å². The number of carbonyl (C=O) groups is 1. The number of carbonyl (C=O) groups excluding carboxylic acids is 1. The van der Waals surface area contributed by atoms with Gasteiger partial charge >= 0.3 is 6.18 Å². The Kier molecular flexibility index (Phi) is 6.75. The van der Waals surface area contributed by atoms with Crippen LogP contribution in [0.25, 0.3) is 10.2 Å². The molecule has 1 aliphatic carbocycles. The van der Waals surface area contributed by atoms with Gasteiger partial charge < -0.3 is 9.88 Å². The van der Waals surface area contributed by atoms with Crippen molar-refractivity contribution in [1.29, 1.82) is 0 Å². The summed E-state index contributed by atoms with van der Waals surface area (Å²) in [6.45, 7) is 2.18. The van der Waals surface area contributed by atoms with Crippen LogP contribution in [0, 0.1) is 6.92 Å². The number of nitrogens with zero attached hydrogens (tertiary/aromatic N) is 4. The lowest BCUT2D eigenvalue weighted by molar-refractivity contribution is -0.140. The first-order valence-corrected chi connectivity index (χ1v) is 12.6. The van der Waals surface area contributed by atoms with Crippen LogP contribution in [0.15, 0.2) is 17.3 Å². The average Bonchev–Trinajstić information content (AvgIpc) is 3.48. The zero-order valence-corrected chi connectivity index (χ0v) is 19.5. The Bertz CT molecular complexity index is 1120. The molecule has 1 aliphatic rings. The molecule has 11 heteroatoms. The second-order valence-corrected chi connectivity index (χ2v) is 9.65. The van der Waals surface area contributed by atoms with Crippen LogP contribution in [-0.4, -0.2) is 38.5 Å². The van der Waals surface area contributed by atoms with Gasteiger partial charge in [-0.25, -0.2) is 4.98 Å². The maximum absolute atomic E-state index is 12.9. The van der Waals surface area contributed by atoms with E-state index < -0.39 is 11.9 Å². The largest absolute Gasteiger partial charge is 0.433 e. The maximum atomic E-state index is 12.9. The standard InChI is InChI=1S/C21H24F3N5OS2/c1-12-14-9-10-15(21(22,23)24)26-19(14)32-17(12)18(30)25-11-5-8-16-27-28-20(31-2)29(16)13-6-3-4-7-13/h9-10,13H,3-8,11H2,1-2H3,(H,25,30). The first-order chi connectivity index (χ1) is 15.3. The van der Waals surface area contributed by atoms with E-state index in [1.54, 1.807) is 18.7 Å². The van der Waals surface area contributed by atoms with E-state index in [0.717, 1.165) is 41.2 Å². The van der Waals surface area contributed by atoms with Crippen molar-refractivity contribution in [3.8, 4) is 0 Å². The van der Waals surface area contributed by atoms with Gasteiger partial charge in [-0.2, -0.15) is 13.2 Å². The van der Waals surface area contributed by atoms with Gasteiger partial charge in [-0.1, -0.05) is 24.6 Å². The molecule has 0 saturated heterocycles. The van der Waals surface area contributed by atoms with Gasteiger partial charge in [0.05, 0.1) is 4.88 Å². The summed E-state index contributed by atoms with van der Waals surface area (Å²) in [5.74, 6) is 0.651. The highest BCUT2D eigenvalue weighted by molar-refractivity contribution is 7.98. The molecule has 1 saturated carbocycles. The minimum Gasteiger partial charge on any atom is -0.351 e. The molecule has 1 fully saturated rings. The normalized spacial score (nSPS) is 15.0.